The van der Waals surface area contributed by atoms with E-state index in [1.807, 2.05) is 6.07 Å². The zero-order valence-corrected chi connectivity index (χ0v) is 12.2. The molecule has 1 saturated carbocycles. The third kappa shape index (κ3) is 3.37. The van der Waals surface area contributed by atoms with Gasteiger partial charge in [0.25, 0.3) is 0 Å². The molecule has 0 bridgehead atoms. The fourth-order valence-corrected chi connectivity index (χ4v) is 2.85. The monoisotopic (exact) mass is 260 g/mol. The molecule has 2 nitrogen and oxygen atoms in total. The van der Waals surface area contributed by atoms with Gasteiger partial charge < -0.3 is 4.74 Å². The first kappa shape index (κ1) is 14.1. The Bertz CT molecular complexity index is 449. The molecule has 0 heterocycles. The van der Waals surface area contributed by atoms with Crippen molar-refractivity contribution in [3.8, 4) is 5.75 Å². The molecule has 19 heavy (non-hydrogen) atoms. The molecule has 0 spiro atoms. The molecule has 1 aromatic rings. The minimum atomic E-state index is 0.199. The number of hydrogen-bond donors (Lipinski definition) is 0. The highest BCUT2D eigenvalue weighted by Crippen LogP contribution is 2.30. The topological polar surface area (TPSA) is 26.3 Å². The van der Waals surface area contributed by atoms with Gasteiger partial charge in [-0.15, -0.1) is 0 Å². The first-order chi connectivity index (χ1) is 9.11. The van der Waals surface area contributed by atoms with Gasteiger partial charge in [-0.3, -0.25) is 4.79 Å². The van der Waals surface area contributed by atoms with Gasteiger partial charge in [0.2, 0.25) is 0 Å². The highest BCUT2D eigenvalue weighted by molar-refractivity contribution is 5.82. The maximum absolute atomic E-state index is 12.0. The van der Waals surface area contributed by atoms with Crippen molar-refractivity contribution in [1.82, 2.24) is 0 Å². The lowest BCUT2D eigenvalue weighted by molar-refractivity contribution is -0.124. The molecule has 0 aliphatic heterocycles. The Balaban J connectivity index is 2.21. The van der Waals surface area contributed by atoms with Gasteiger partial charge in [-0.25, -0.2) is 0 Å². The van der Waals surface area contributed by atoms with E-state index in [0.717, 1.165) is 31.4 Å². The van der Waals surface area contributed by atoms with E-state index in [0.29, 0.717) is 11.7 Å². The number of ether oxygens (including phenoxy) is 1. The van der Waals surface area contributed by atoms with Crippen molar-refractivity contribution in [3.05, 3.63) is 29.3 Å². The van der Waals surface area contributed by atoms with E-state index in [2.05, 4.69) is 26.0 Å². The van der Waals surface area contributed by atoms with Crippen LogP contribution in [0.3, 0.4) is 0 Å². The number of carbonyl (C=O) groups is 1. The number of carbonyl (C=O) groups excluding carboxylic acids is 1. The van der Waals surface area contributed by atoms with E-state index >= 15 is 0 Å². The van der Waals surface area contributed by atoms with Crippen LogP contribution >= 0.6 is 0 Å². The molecule has 1 aromatic carbocycles. The molecule has 1 unspecified atom stereocenters. The van der Waals surface area contributed by atoms with Crippen molar-refractivity contribution in [2.45, 2.75) is 51.9 Å². The number of benzene rings is 1. The molecule has 0 saturated heterocycles. The molecule has 0 aromatic heterocycles. The molecular weight excluding hydrogens is 236 g/mol. The van der Waals surface area contributed by atoms with Crippen molar-refractivity contribution in [1.29, 1.82) is 0 Å². The van der Waals surface area contributed by atoms with Crippen LogP contribution in [-0.2, 0) is 11.2 Å². The second kappa shape index (κ2) is 6.23. The maximum atomic E-state index is 12.0. The summed E-state index contributed by atoms with van der Waals surface area (Å²) in [5.41, 5.74) is 2.51. The zero-order valence-electron chi connectivity index (χ0n) is 12.2. The van der Waals surface area contributed by atoms with E-state index in [4.69, 9.17) is 4.74 Å². The molecular formula is C17H24O2. The van der Waals surface area contributed by atoms with Gasteiger partial charge in [0, 0.05) is 12.3 Å². The lowest BCUT2D eigenvalue weighted by atomic mass is 9.83. The van der Waals surface area contributed by atoms with Crippen LogP contribution in [0.1, 0.15) is 56.6 Å². The standard InChI is InChI=1S/C17H24O2/c1-12(2)13-8-9-17(19-3)15(10-13)11-14-6-4-5-7-16(14)18/h8-10,12,14H,4-7,11H2,1-3H3. The maximum Gasteiger partial charge on any atom is 0.136 e. The summed E-state index contributed by atoms with van der Waals surface area (Å²) >= 11 is 0. The second-order valence-electron chi connectivity index (χ2n) is 5.84. The van der Waals surface area contributed by atoms with Crippen LogP contribution in [0.4, 0.5) is 0 Å². The number of rotatable bonds is 4. The fraction of sp³-hybridized carbons (Fsp3) is 0.588. The van der Waals surface area contributed by atoms with Gasteiger partial charge in [-0.05, 0) is 42.4 Å². The van der Waals surface area contributed by atoms with Crippen molar-refractivity contribution in [2.75, 3.05) is 7.11 Å². The second-order valence-corrected chi connectivity index (χ2v) is 5.84. The minimum absolute atomic E-state index is 0.199. The summed E-state index contributed by atoms with van der Waals surface area (Å²) in [6.45, 7) is 4.38. The largest absolute Gasteiger partial charge is 0.496 e. The smallest absolute Gasteiger partial charge is 0.136 e. The summed E-state index contributed by atoms with van der Waals surface area (Å²) < 4.78 is 5.45. The van der Waals surface area contributed by atoms with Crippen molar-refractivity contribution < 1.29 is 9.53 Å². The van der Waals surface area contributed by atoms with E-state index in [1.165, 1.54) is 17.5 Å². The van der Waals surface area contributed by atoms with Gasteiger partial charge in [-0.1, -0.05) is 32.4 Å². The Morgan fingerprint density at radius 1 is 1.32 bits per heavy atom. The van der Waals surface area contributed by atoms with E-state index in [1.54, 1.807) is 7.11 Å². The summed E-state index contributed by atoms with van der Waals surface area (Å²) in [6, 6.07) is 6.37. The summed E-state index contributed by atoms with van der Waals surface area (Å²) in [6.07, 6.45) is 4.88. The van der Waals surface area contributed by atoms with Crippen molar-refractivity contribution >= 4 is 5.78 Å². The normalized spacial score (nSPS) is 19.8. The van der Waals surface area contributed by atoms with E-state index in [9.17, 15) is 4.79 Å². The first-order valence-corrected chi connectivity index (χ1v) is 7.31. The van der Waals surface area contributed by atoms with Crippen LogP contribution in [0.2, 0.25) is 0 Å². The fourth-order valence-electron chi connectivity index (χ4n) is 2.85. The Morgan fingerprint density at radius 2 is 2.11 bits per heavy atom. The van der Waals surface area contributed by atoms with Gasteiger partial charge >= 0.3 is 0 Å². The van der Waals surface area contributed by atoms with Gasteiger partial charge in [0.1, 0.15) is 11.5 Å². The lowest BCUT2D eigenvalue weighted by Crippen LogP contribution is -2.21. The first-order valence-electron chi connectivity index (χ1n) is 7.31. The highest BCUT2D eigenvalue weighted by Gasteiger charge is 2.23. The van der Waals surface area contributed by atoms with Crippen LogP contribution in [0.15, 0.2) is 18.2 Å². The van der Waals surface area contributed by atoms with Crippen LogP contribution in [0, 0.1) is 5.92 Å². The number of methoxy groups -OCH3 is 1. The number of hydrogen-bond acceptors (Lipinski definition) is 2. The van der Waals surface area contributed by atoms with Crippen molar-refractivity contribution in [2.24, 2.45) is 5.92 Å². The molecule has 2 heteroatoms. The molecule has 1 aliphatic carbocycles. The SMILES string of the molecule is COc1ccc(C(C)C)cc1CC1CCCCC1=O. The van der Waals surface area contributed by atoms with Crippen LogP contribution in [0.5, 0.6) is 5.75 Å². The molecule has 0 amide bonds. The Hall–Kier alpha value is -1.31. The molecule has 1 aliphatic rings. The third-order valence-corrected chi connectivity index (χ3v) is 4.12. The van der Waals surface area contributed by atoms with Gasteiger partial charge in [0.05, 0.1) is 7.11 Å². The van der Waals surface area contributed by atoms with Crippen LogP contribution < -0.4 is 4.74 Å². The van der Waals surface area contributed by atoms with Gasteiger partial charge in [-0.2, -0.15) is 0 Å². The summed E-state index contributed by atoms with van der Waals surface area (Å²) in [4.78, 5) is 12.0. The average molecular weight is 260 g/mol. The highest BCUT2D eigenvalue weighted by atomic mass is 16.5. The summed E-state index contributed by atoms with van der Waals surface area (Å²) in [5.74, 6) is 2.06. The Labute approximate surface area is 116 Å². The lowest BCUT2D eigenvalue weighted by Gasteiger charge is -2.22. The molecule has 0 N–H and O–H groups in total. The van der Waals surface area contributed by atoms with E-state index < -0.39 is 0 Å². The molecule has 0 radical (unpaired) electrons. The minimum Gasteiger partial charge on any atom is -0.496 e. The van der Waals surface area contributed by atoms with Crippen LogP contribution in [-0.4, -0.2) is 12.9 Å². The summed E-state index contributed by atoms with van der Waals surface area (Å²) in [5, 5.41) is 0. The molecule has 104 valence electrons. The zero-order chi connectivity index (χ0) is 13.8. The van der Waals surface area contributed by atoms with E-state index in [-0.39, 0.29) is 5.92 Å². The quantitative estimate of drug-likeness (QED) is 0.814. The van der Waals surface area contributed by atoms with Crippen LogP contribution in [0.25, 0.3) is 0 Å². The Morgan fingerprint density at radius 3 is 2.74 bits per heavy atom. The summed E-state index contributed by atoms with van der Waals surface area (Å²) in [7, 11) is 1.70. The van der Waals surface area contributed by atoms with Gasteiger partial charge in [0.15, 0.2) is 0 Å². The molecule has 1 fully saturated rings. The molecule has 2 rings (SSSR count). The predicted molar refractivity (Wildman–Crippen MR) is 77.8 cm³/mol. The number of ketones is 1. The van der Waals surface area contributed by atoms with Crippen molar-refractivity contribution in [3.63, 3.8) is 0 Å². The molecule has 1 atom stereocenters. The average Bonchev–Trinajstić information content (AvgIpc) is 2.41. The Kier molecular flexibility index (Phi) is 4.62. The predicted octanol–water partition coefficient (Wildman–Crippen LogP) is 4.12. The number of Topliss-reactive ketones (excluding diaryl/α,β-unsaturated/α-hetero) is 1. The third-order valence-electron chi connectivity index (χ3n) is 4.12.